The Morgan fingerprint density at radius 3 is 2.43 bits per heavy atom. The molecule has 0 spiro atoms. The average molecular weight is 195 g/mol. The van der Waals surface area contributed by atoms with Crippen LogP contribution in [0.3, 0.4) is 0 Å². The van der Waals surface area contributed by atoms with Crippen molar-refractivity contribution in [1.82, 2.24) is 0 Å². The highest BCUT2D eigenvalue weighted by Crippen LogP contribution is 2.24. The molecule has 0 radical (unpaired) electrons. The molecule has 1 rings (SSSR count). The predicted octanol–water partition coefficient (Wildman–Crippen LogP) is 1.39. The van der Waals surface area contributed by atoms with Gasteiger partial charge in [-0.3, -0.25) is 0 Å². The van der Waals surface area contributed by atoms with Crippen molar-refractivity contribution in [2.24, 2.45) is 5.73 Å². The van der Waals surface area contributed by atoms with Crippen molar-refractivity contribution in [2.45, 2.75) is 19.1 Å². The summed E-state index contributed by atoms with van der Waals surface area (Å²) in [7, 11) is 1.65. The lowest BCUT2D eigenvalue weighted by Gasteiger charge is -2.17. The minimum atomic E-state index is -0.608. The van der Waals surface area contributed by atoms with E-state index in [2.05, 4.69) is 0 Å². The predicted molar refractivity (Wildman–Crippen MR) is 55.9 cm³/mol. The molecular weight excluding hydrogens is 178 g/mol. The summed E-state index contributed by atoms with van der Waals surface area (Å²) in [6.45, 7) is 2.18. The first-order valence-corrected chi connectivity index (χ1v) is 4.70. The lowest BCUT2D eigenvalue weighted by molar-refractivity contribution is 0.113. The minimum Gasteiger partial charge on any atom is -0.387 e. The van der Waals surface area contributed by atoms with E-state index in [1.165, 1.54) is 0 Å². The Hall–Kier alpha value is -0.900. The largest absolute Gasteiger partial charge is 0.387 e. The van der Waals surface area contributed by atoms with E-state index < -0.39 is 6.10 Å². The summed E-state index contributed by atoms with van der Waals surface area (Å²) in [4.78, 5) is 0. The van der Waals surface area contributed by atoms with Crippen LogP contribution in [0.25, 0.3) is 0 Å². The molecule has 1 aromatic carbocycles. The van der Waals surface area contributed by atoms with Gasteiger partial charge in [0.25, 0.3) is 0 Å². The van der Waals surface area contributed by atoms with Gasteiger partial charge in [0.15, 0.2) is 0 Å². The Bertz CT molecular complexity index is 259. The third-order valence-electron chi connectivity index (χ3n) is 2.37. The molecule has 3 N–H and O–H groups in total. The van der Waals surface area contributed by atoms with Crippen LogP contribution in [0.15, 0.2) is 24.3 Å². The van der Waals surface area contributed by atoms with Gasteiger partial charge in [-0.1, -0.05) is 24.3 Å². The van der Waals surface area contributed by atoms with E-state index in [0.29, 0.717) is 0 Å². The Morgan fingerprint density at radius 1 is 1.36 bits per heavy atom. The highest BCUT2D eigenvalue weighted by Gasteiger charge is 2.14. The first kappa shape index (κ1) is 11.2. The molecule has 1 aromatic rings. The zero-order chi connectivity index (χ0) is 10.6. The molecule has 0 bridgehead atoms. The molecule has 0 amide bonds. The van der Waals surface area contributed by atoms with Crippen molar-refractivity contribution < 1.29 is 9.84 Å². The fourth-order valence-electron chi connectivity index (χ4n) is 1.44. The molecule has 0 saturated heterocycles. The first-order valence-electron chi connectivity index (χ1n) is 4.70. The lowest BCUT2D eigenvalue weighted by Crippen LogP contribution is -2.14. The zero-order valence-corrected chi connectivity index (χ0v) is 8.60. The van der Waals surface area contributed by atoms with E-state index in [9.17, 15) is 5.11 Å². The highest BCUT2D eigenvalue weighted by atomic mass is 16.5. The van der Waals surface area contributed by atoms with Gasteiger partial charge in [-0.05, 0) is 18.1 Å². The van der Waals surface area contributed by atoms with Gasteiger partial charge in [0, 0.05) is 13.7 Å². The van der Waals surface area contributed by atoms with Gasteiger partial charge >= 0.3 is 0 Å². The standard InChI is InChI=1S/C11H17NO2/c1-8(14-2)9-5-3-4-6-10(9)11(13)7-12/h3-6,8,11,13H,7,12H2,1-2H3. The molecule has 0 aliphatic rings. The molecule has 0 aromatic heterocycles. The first-order chi connectivity index (χ1) is 6.70. The van der Waals surface area contributed by atoms with Gasteiger partial charge in [-0.25, -0.2) is 0 Å². The summed E-state index contributed by atoms with van der Waals surface area (Å²) >= 11 is 0. The summed E-state index contributed by atoms with van der Waals surface area (Å²) in [6, 6.07) is 7.64. The lowest BCUT2D eigenvalue weighted by atomic mass is 9.99. The maximum atomic E-state index is 9.67. The summed E-state index contributed by atoms with van der Waals surface area (Å²) in [5.41, 5.74) is 7.27. The smallest absolute Gasteiger partial charge is 0.0915 e. The molecule has 3 heteroatoms. The zero-order valence-electron chi connectivity index (χ0n) is 8.60. The number of rotatable bonds is 4. The molecule has 0 aliphatic heterocycles. The monoisotopic (exact) mass is 195 g/mol. The van der Waals surface area contributed by atoms with Gasteiger partial charge in [-0.2, -0.15) is 0 Å². The topological polar surface area (TPSA) is 55.5 Å². The molecule has 0 fully saturated rings. The average Bonchev–Trinajstić information content (AvgIpc) is 2.27. The SMILES string of the molecule is COC(C)c1ccccc1C(O)CN. The fourth-order valence-corrected chi connectivity index (χ4v) is 1.44. The van der Waals surface area contributed by atoms with Crippen LogP contribution in [-0.4, -0.2) is 18.8 Å². The van der Waals surface area contributed by atoms with E-state index in [4.69, 9.17) is 10.5 Å². The molecule has 78 valence electrons. The van der Waals surface area contributed by atoms with Crippen LogP contribution >= 0.6 is 0 Å². The van der Waals surface area contributed by atoms with Crippen LogP contribution in [-0.2, 0) is 4.74 Å². The number of methoxy groups -OCH3 is 1. The minimum absolute atomic E-state index is 0.0209. The van der Waals surface area contributed by atoms with Gasteiger partial charge < -0.3 is 15.6 Å². The van der Waals surface area contributed by atoms with Crippen molar-refractivity contribution in [2.75, 3.05) is 13.7 Å². The summed E-state index contributed by atoms with van der Waals surface area (Å²) in [5, 5.41) is 9.67. The van der Waals surface area contributed by atoms with Crippen molar-refractivity contribution in [3.05, 3.63) is 35.4 Å². The Balaban J connectivity index is 3.02. The van der Waals surface area contributed by atoms with Gasteiger partial charge in [-0.15, -0.1) is 0 Å². The van der Waals surface area contributed by atoms with E-state index in [1.54, 1.807) is 7.11 Å². The van der Waals surface area contributed by atoms with E-state index >= 15 is 0 Å². The van der Waals surface area contributed by atoms with Crippen LogP contribution in [0.5, 0.6) is 0 Å². The van der Waals surface area contributed by atoms with Crippen molar-refractivity contribution in [3.63, 3.8) is 0 Å². The van der Waals surface area contributed by atoms with Crippen molar-refractivity contribution in [1.29, 1.82) is 0 Å². The summed E-state index contributed by atoms with van der Waals surface area (Å²) < 4.78 is 5.22. The van der Waals surface area contributed by atoms with E-state index in [1.807, 2.05) is 31.2 Å². The highest BCUT2D eigenvalue weighted by molar-refractivity contribution is 5.30. The maximum absolute atomic E-state index is 9.67. The van der Waals surface area contributed by atoms with Gasteiger partial charge in [0.1, 0.15) is 0 Å². The molecule has 3 nitrogen and oxygen atoms in total. The van der Waals surface area contributed by atoms with Gasteiger partial charge in [0.2, 0.25) is 0 Å². The molecule has 14 heavy (non-hydrogen) atoms. The Morgan fingerprint density at radius 2 is 1.93 bits per heavy atom. The van der Waals surface area contributed by atoms with Crippen LogP contribution in [0.2, 0.25) is 0 Å². The van der Waals surface area contributed by atoms with Crippen LogP contribution in [0.4, 0.5) is 0 Å². The normalized spacial score (nSPS) is 15.1. The number of aliphatic hydroxyl groups is 1. The summed E-state index contributed by atoms with van der Waals surface area (Å²) in [5.74, 6) is 0. The summed E-state index contributed by atoms with van der Waals surface area (Å²) in [6.07, 6.45) is -0.629. The molecule has 2 unspecified atom stereocenters. The number of ether oxygens (including phenoxy) is 1. The second-order valence-electron chi connectivity index (χ2n) is 3.26. The van der Waals surface area contributed by atoms with Crippen LogP contribution in [0.1, 0.15) is 30.3 Å². The van der Waals surface area contributed by atoms with Crippen LogP contribution in [0, 0.1) is 0 Å². The van der Waals surface area contributed by atoms with E-state index in [0.717, 1.165) is 11.1 Å². The molecular formula is C11H17NO2. The van der Waals surface area contributed by atoms with Crippen LogP contribution < -0.4 is 5.73 Å². The van der Waals surface area contributed by atoms with E-state index in [-0.39, 0.29) is 12.6 Å². The number of aliphatic hydroxyl groups excluding tert-OH is 1. The second-order valence-corrected chi connectivity index (χ2v) is 3.26. The Labute approximate surface area is 84.5 Å². The molecule has 0 heterocycles. The quantitative estimate of drug-likeness (QED) is 0.763. The molecule has 2 atom stereocenters. The third kappa shape index (κ3) is 2.32. The Kier molecular flexibility index (Phi) is 4.07. The fraction of sp³-hybridized carbons (Fsp3) is 0.455. The number of benzene rings is 1. The van der Waals surface area contributed by atoms with Crippen molar-refractivity contribution >= 4 is 0 Å². The number of hydrogen-bond donors (Lipinski definition) is 2. The van der Waals surface area contributed by atoms with Crippen molar-refractivity contribution in [3.8, 4) is 0 Å². The number of nitrogens with two attached hydrogens (primary N) is 1. The molecule has 0 aliphatic carbocycles. The number of hydrogen-bond acceptors (Lipinski definition) is 3. The maximum Gasteiger partial charge on any atom is 0.0915 e. The second kappa shape index (κ2) is 5.10. The van der Waals surface area contributed by atoms with Gasteiger partial charge in [0.05, 0.1) is 12.2 Å². The molecule has 0 saturated carbocycles. The third-order valence-corrected chi connectivity index (χ3v) is 2.37.